The molecule has 0 aliphatic carbocycles. The van der Waals surface area contributed by atoms with Crippen LogP contribution in [0, 0.1) is 10.1 Å². The highest BCUT2D eigenvalue weighted by Gasteiger charge is 2.21. The van der Waals surface area contributed by atoms with E-state index in [0.717, 1.165) is 41.8 Å². The number of non-ortho nitro benzene ring substituents is 1. The molecule has 2 rings (SSSR count). The number of nitrogens with zero attached hydrogens (tertiary/aromatic N) is 1. The van der Waals surface area contributed by atoms with Crippen molar-refractivity contribution in [2.24, 2.45) is 0 Å². The molecule has 0 amide bonds. The standard InChI is InChI=1S/C18H17NO7S2/c1-26-14-18(8-5-13-27(22,23)16-6-3-2-4-7-16)28(24,25)17-11-9-15(10-12-17)19(20)21/h2-13H,14H2,1H3/b13-5+,18-8-. The Bertz CT molecular complexity index is 1100. The van der Waals surface area contributed by atoms with E-state index in [1.807, 2.05) is 0 Å². The normalized spacial score (nSPS) is 13.0. The summed E-state index contributed by atoms with van der Waals surface area (Å²) in [5, 5.41) is 11.6. The van der Waals surface area contributed by atoms with E-state index in [1.54, 1.807) is 18.2 Å². The molecule has 10 heteroatoms. The van der Waals surface area contributed by atoms with Gasteiger partial charge in [0.05, 0.1) is 26.2 Å². The molecule has 0 radical (unpaired) electrons. The minimum Gasteiger partial charge on any atom is -0.379 e. The first-order chi connectivity index (χ1) is 13.2. The van der Waals surface area contributed by atoms with Crippen LogP contribution < -0.4 is 0 Å². The quantitative estimate of drug-likeness (QED) is 0.363. The number of nitro benzene ring substituents is 1. The van der Waals surface area contributed by atoms with E-state index >= 15 is 0 Å². The van der Waals surface area contributed by atoms with Crippen molar-refractivity contribution < 1.29 is 26.5 Å². The lowest BCUT2D eigenvalue weighted by Crippen LogP contribution is -2.09. The Balaban J connectivity index is 2.36. The predicted molar refractivity (Wildman–Crippen MR) is 103 cm³/mol. The maximum atomic E-state index is 12.7. The topological polar surface area (TPSA) is 121 Å². The van der Waals surface area contributed by atoms with Crippen LogP contribution in [0.2, 0.25) is 0 Å². The molecule has 0 spiro atoms. The number of hydrogen-bond donors (Lipinski definition) is 0. The molecule has 148 valence electrons. The monoisotopic (exact) mass is 423 g/mol. The van der Waals surface area contributed by atoms with Crippen molar-refractivity contribution in [3.05, 3.63) is 87.2 Å². The number of hydrogen-bond acceptors (Lipinski definition) is 7. The van der Waals surface area contributed by atoms with Crippen molar-refractivity contribution in [3.8, 4) is 0 Å². The molecule has 2 aromatic rings. The van der Waals surface area contributed by atoms with Crippen LogP contribution >= 0.6 is 0 Å². The average Bonchev–Trinajstić information content (AvgIpc) is 2.68. The molecular formula is C18H17NO7S2. The molecule has 0 heterocycles. The van der Waals surface area contributed by atoms with Gasteiger partial charge in [-0.15, -0.1) is 0 Å². The number of nitro groups is 1. The van der Waals surface area contributed by atoms with E-state index in [0.29, 0.717) is 0 Å². The lowest BCUT2D eigenvalue weighted by Gasteiger charge is -2.08. The first-order valence-electron chi connectivity index (χ1n) is 7.84. The fourth-order valence-electron chi connectivity index (χ4n) is 2.19. The third-order valence-corrected chi connectivity index (χ3v) is 6.88. The van der Waals surface area contributed by atoms with Gasteiger partial charge in [0.2, 0.25) is 9.84 Å². The van der Waals surface area contributed by atoms with E-state index in [-0.39, 0.29) is 27.0 Å². The molecule has 0 aromatic heterocycles. The summed E-state index contributed by atoms with van der Waals surface area (Å²) in [5.74, 6) is 0. The summed E-state index contributed by atoms with van der Waals surface area (Å²) in [4.78, 5) is 9.79. The zero-order valence-electron chi connectivity index (χ0n) is 14.8. The summed E-state index contributed by atoms with van der Waals surface area (Å²) in [6.45, 7) is -0.297. The number of allylic oxidation sites excluding steroid dienone is 2. The van der Waals surface area contributed by atoms with Crippen LogP contribution in [0.3, 0.4) is 0 Å². The Labute approximate surface area is 162 Å². The van der Waals surface area contributed by atoms with E-state index in [9.17, 15) is 26.9 Å². The second-order valence-electron chi connectivity index (χ2n) is 5.51. The van der Waals surface area contributed by atoms with Crippen LogP contribution in [0.25, 0.3) is 0 Å². The summed E-state index contributed by atoms with van der Waals surface area (Å²) in [5.41, 5.74) is -0.245. The summed E-state index contributed by atoms with van der Waals surface area (Å²) in [6.07, 6.45) is 2.24. The van der Waals surface area contributed by atoms with Crippen molar-refractivity contribution in [2.75, 3.05) is 13.7 Å². The van der Waals surface area contributed by atoms with Gasteiger partial charge in [0, 0.05) is 24.7 Å². The zero-order valence-corrected chi connectivity index (χ0v) is 16.4. The number of sulfone groups is 2. The van der Waals surface area contributed by atoms with Gasteiger partial charge in [0.15, 0.2) is 9.84 Å². The number of ether oxygens (including phenoxy) is 1. The Morgan fingerprint density at radius 2 is 1.61 bits per heavy atom. The number of methoxy groups -OCH3 is 1. The molecular weight excluding hydrogens is 406 g/mol. The van der Waals surface area contributed by atoms with Gasteiger partial charge in [-0.05, 0) is 36.4 Å². The summed E-state index contributed by atoms with van der Waals surface area (Å²) in [7, 11) is -6.46. The molecule has 8 nitrogen and oxygen atoms in total. The maximum Gasteiger partial charge on any atom is 0.269 e. The van der Waals surface area contributed by atoms with Gasteiger partial charge >= 0.3 is 0 Å². The number of rotatable bonds is 8. The van der Waals surface area contributed by atoms with E-state index in [2.05, 4.69) is 0 Å². The van der Waals surface area contributed by atoms with E-state index in [4.69, 9.17) is 4.74 Å². The van der Waals surface area contributed by atoms with Crippen LogP contribution in [-0.2, 0) is 24.4 Å². The van der Waals surface area contributed by atoms with Gasteiger partial charge in [-0.2, -0.15) is 0 Å². The fraction of sp³-hybridized carbons (Fsp3) is 0.111. The third-order valence-electron chi connectivity index (χ3n) is 3.60. The van der Waals surface area contributed by atoms with Gasteiger partial charge in [0.1, 0.15) is 0 Å². The molecule has 0 saturated heterocycles. The molecule has 0 saturated carbocycles. The Morgan fingerprint density at radius 1 is 1.00 bits per heavy atom. The number of benzene rings is 2. The van der Waals surface area contributed by atoms with Crippen molar-refractivity contribution in [3.63, 3.8) is 0 Å². The lowest BCUT2D eigenvalue weighted by atomic mass is 10.3. The molecule has 0 aliphatic rings. The van der Waals surface area contributed by atoms with Gasteiger partial charge in [0.25, 0.3) is 5.69 Å². The first-order valence-corrected chi connectivity index (χ1v) is 10.9. The van der Waals surface area contributed by atoms with E-state index in [1.165, 1.54) is 19.2 Å². The average molecular weight is 423 g/mol. The lowest BCUT2D eigenvalue weighted by molar-refractivity contribution is -0.384. The van der Waals surface area contributed by atoms with Crippen molar-refractivity contribution in [2.45, 2.75) is 9.79 Å². The van der Waals surface area contributed by atoms with Crippen molar-refractivity contribution >= 4 is 25.4 Å². The van der Waals surface area contributed by atoms with Gasteiger partial charge in [-0.3, -0.25) is 10.1 Å². The largest absolute Gasteiger partial charge is 0.379 e. The van der Waals surface area contributed by atoms with Crippen molar-refractivity contribution in [1.82, 2.24) is 0 Å². The molecule has 0 unspecified atom stereocenters. The summed E-state index contributed by atoms with van der Waals surface area (Å²) >= 11 is 0. The summed E-state index contributed by atoms with van der Waals surface area (Å²) < 4.78 is 54.8. The van der Waals surface area contributed by atoms with Crippen LogP contribution in [0.15, 0.2) is 86.9 Å². The van der Waals surface area contributed by atoms with Crippen LogP contribution in [0.4, 0.5) is 5.69 Å². The maximum absolute atomic E-state index is 12.7. The fourth-order valence-corrected chi connectivity index (χ4v) is 4.50. The van der Waals surface area contributed by atoms with Gasteiger partial charge in [-0.25, -0.2) is 16.8 Å². The highest BCUT2D eigenvalue weighted by molar-refractivity contribution is 7.95. The third kappa shape index (κ3) is 5.12. The van der Waals surface area contributed by atoms with Gasteiger partial charge in [-0.1, -0.05) is 18.2 Å². The van der Waals surface area contributed by atoms with E-state index < -0.39 is 24.6 Å². The zero-order chi connectivity index (χ0) is 20.8. The Morgan fingerprint density at radius 3 is 2.14 bits per heavy atom. The Hall–Kier alpha value is -2.82. The second kappa shape index (κ2) is 8.91. The molecule has 0 bridgehead atoms. The molecule has 0 fully saturated rings. The Kier molecular flexibility index (Phi) is 6.84. The van der Waals surface area contributed by atoms with Crippen LogP contribution in [-0.4, -0.2) is 35.5 Å². The minimum absolute atomic E-state index is 0.0752. The first kappa shape index (κ1) is 21.5. The van der Waals surface area contributed by atoms with Gasteiger partial charge < -0.3 is 4.74 Å². The highest BCUT2D eigenvalue weighted by atomic mass is 32.2. The van der Waals surface area contributed by atoms with Crippen LogP contribution in [0.1, 0.15) is 0 Å². The van der Waals surface area contributed by atoms with Crippen LogP contribution in [0.5, 0.6) is 0 Å². The second-order valence-corrected chi connectivity index (χ2v) is 9.34. The molecule has 2 aromatic carbocycles. The molecule has 0 aliphatic heterocycles. The molecule has 28 heavy (non-hydrogen) atoms. The minimum atomic E-state index is -4.02. The smallest absolute Gasteiger partial charge is 0.269 e. The summed E-state index contributed by atoms with van der Waals surface area (Å²) in [6, 6.07) is 12.1. The molecule has 0 atom stereocenters. The SMILES string of the molecule is COC/C(=C/C=C/S(=O)(=O)c1ccccc1)S(=O)(=O)c1ccc([N+](=O)[O-])cc1. The predicted octanol–water partition coefficient (Wildman–Crippen LogP) is 2.89. The highest BCUT2D eigenvalue weighted by Crippen LogP contribution is 2.22. The van der Waals surface area contributed by atoms with Crippen molar-refractivity contribution in [1.29, 1.82) is 0 Å². The molecule has 0 N–H and O–H groups in total.